The van der Waals surface area contributed by atoms with Crippen molar-refractivity contribution in [2.75, 3.05) is 18.5 Å². The van der Waals surface area contributed by atoms with E-state index in [-0.39, 0.29) is 17.3 Å². The summed E-state index contributed by atoms with van der Waals surface area (Å²) in [6.07, 6.45) is 2.05. The molecule has 0 spiro atoms. The predicted octanol–water partition coefficient (Wildman–Crippen LogP) is 2.60. The standard InChI is InChI=1S/C19H20N4O3S/c1-23-11-5-8-14-9-10-16(12-17(14)23)27(24,25)20-13-18-21-19(26-22-18)15-6-3-2-4-7-15/h2-4,6-7,9-10,12,20H,5,8,11,13H2,1H3. The lowest BCUT2D eigenvalue weighted by Crippen LogP contribution is -2.27. The molecule has 0 unspecified atom stereocenters. The number of anilines is 1. The molecule has 8 heteroatoms. The second-order valence-electron chi connectivity index (χ2n) is 6.52. The van der Waals surface area contributed by atoms with Crippen molar-refractivity contribution in [1.82, 2.24) is 14.9 Å². The Morgan fingerprint density at radius 1 is 1.19 bits per heavy atom. The van der Waals surface area contributed by atoms with E-state index in [2.05, 4.69) is 19.8 Å². The topological polar surface area (TPSA) is 88.3 Å². The molecule has 1 aromatic heterocycles. The van der Waals surface area contributed by atoms with Gasteiger partial charge in [0.1, 0.15) is 0 Å². The monoisotopic (exact) mass is 384 g/mol. The first-order valence-corrected chi connectivity index (χ1v) is 10.2. The Labute approximate surface area is 158 Å². The molecule has 7 nitrogen and oxygen atoms in total. The normalized spacial score (nSPS) is 14.2. The first-order chi connectivity index (χ1) is 13.0. The van der Waals surface area contributed by atoms with Crippen LogP contribution in [-0.4, -0.2) is 32.2 Å². The zero-order valence-electron chi connectivity index (χ0n) is 14.9. The summed E-state index contributed by atoms with van der Waals surface area (Å²) in [5.41, 5.74) is 2.93. The molecule has 1 N–H and O–H groups in total. The minimum Gasteiger partial charge on any atom is -0.374 e. The van der Waals surface area contributed by atoms with Gasteiger partial charge in [-0.05, 0) is 42.7 Å². The average molecular weight is 384 g/mol. The Morgan fingerprint density at radius 2 is 2.00 bits per heavy atom. The lowest BCUT2D eigenvalue weighted by molar-refractivity contribution is 0.421. The quantitative estimate of drug-likeness (QED) is 0.727. The number of aryl methyl sites for hydroxylation is 1. The molecular weight excluding hydrogens is 364 g/mol. The smallest absolute Gasteiger partial charge is 0.257 e. The van der Waals surface area contributed by atoms with Crippen LogP contribution in [0.5, 0.6) is 0 Å². The molecule has 2 aromatic carbocycles. The fourth-order valence-electron chi connectivity index (χ4n) is 3.17. The number of sulfonamides is 1. The van der Waals surface area contributed by atoms with Gasteiger partial charge in [0, 0.05) is 24.8 Å². The fourth-order valence-corrected chi connectivity index (χ4v) is 4.17. The number of nitrogens with zero attached hydrogens (tertiary/aromatic N) is 3. The first-order valence-electron chi connectivity index (χ1n) is 8.75. The van der Waals surface area contributed by atoms with Gasteiger partial charge in [-0.15, -0.1) is 0 Å². The zero-order chi connectivity index (χ0) is 18.9. The number of nitrogens with one attached hydrogen (secondary N) is 1. The minimum atomic E-state index is -3.67. The van der Waals surface area contributed by atoms with Gasteiger partial charge in [0.25, 0.3) is 5.89 Å². The number of benzene rings is 2. The van der Waals surface area contributed by atoms with Crippen molar-refractivity contribution in [3.63, 3.8) is 0 Å². The van der Waals surface area contributed by atoms with Gasteiger partial charge >= 0.3 is 0 Å². The summed E-state index contributed by atoms with van der Waals surface area (Å²) in [5.74, 6) is 0.646. The molecule has 0 radical (unpaired) electrons. The summed E-state index contributed by atoms with van der Waals surface area (Å²) in [5, 5.41) is 3.85. The Hall–Kier alpha value is -2.71. The SMILES string of the molecule is CN1CCCc2ccc(S(=O)(=O)NCc3noc(-c4ccccc4)n3)cc21. The highest BCUT2D eigenvalue weighted by molar-refractivity contribution is 7.89. The predicted molar refractivity (Wildman–Crippen MR) is 102 cm³/mol. The van der Waals surface area contributed by atoms with E-state index < -0.39 is 10.0 Å². The highest BCUT2D eigenvalue weighted by atomic mass is 32.2. The van der Waals surface area contributed by atoms with Crippen LogP contribution < -0.4 is 9.62 Å². The number of fused-ring (bicyclic) bond motifs is 1. The Morgan fingerprint density at radius 3 is 2.81 bits per heavy atom. The molecule has 0 amide bonds. The molecule has 0 fully saturated rings. The van der Waals surface area contributed by atoms with E-state index in [9.17, 15) is 8.42 Å². The average Bonchev–Trinajstić information content (AvgIpc) is 3.16. The van der Waals surface area contributed by atoms with E-state index in [1.807, 2.05) is 43.4 Å². The van der Waals surface area contributed by atoms with E-state index in [0.717, 1.165) is 30.6 Å². The van der Waals surface area contributed by atoms with Crippen LogP contribution in [0, 0.1) is 0 Å². The van der Waals surface area contributed by atoms with Crippen LogP contribution in [-0.2, 0) is 23.0 Å². The molecule has 0 bridgehead atoms. The molecule has 0 saturated carbocycles. The van der Waals surface area contributed by atoms with E-state index in [1.165, 1.54) is 5.56 Å². The maximum Gasteiger partial charge on any atom is 0.257 e. The largest absolute Gasteiger partial charge is 0.374 e. The molecule has 0 saturated heterocycles. The van der Waals surface area contributed by atoms with Crippen LogP contribution in [0.25, 0.3) is 11.5 Å². The van der Waals surface area contributed by atoms with Crippen LogP contribution in [0.3, 0.4) is 0 Å². The summed E-state index contributed by atoms with van der Waals surface area (Å²) in [6, 6.07) is 14.6. The molecule has 0 aliphatic carbocycles. The van der Waals surface area contributed by atoms with Crippen LogP contribution in [0.15, 0.2) is 57.9 Å². The van der Waals surface area contributed by atoms with Crippen LogP contribution in [0.4, 0.5) is 5.69 Å². The molecule has 27 heavy (non-hydrogen) atoms. The van der Waals surface area contributed by atoms with Gasteiger partial charge in [-0.3, -0.25) is 0 Å². The van der Waals surface area contributed by atoms with Crippen LogP contribution >= 0.6 is 0 Å². The van der Waals surface area contributed by atoms with Crippen molar-refractivity contribution in [1.29, 1.82) is 0 Å². The van der Waals surface area contributed by atoms with Gasteiger partial charge in [0.15, 0.2) is 5.82 Å². The minimum absolute atomic E-state index is 0.0361. The molecule has 3 aromatic rings. The van der Waals surface area contributed by atoms with Crippen molar-refractivity contribution < 1.29 is 12.9 Å². The Balaban J connectivity index is 1.50. The second kappa shape index (κ2) is 7.13. The molecule has 2 heterocycles. The van der Waals surface area contributed by atoms with E-state index >= 15 is 0 Å². The number of aromatic nitrogens is 2. The number of hydrogen-bond donors (Lipinski definition) is 1. The summed E-state index contributed by atoms with van der Waals surface area (Å²) in [7, 11) is -1.69. The van der Waals surface area contributed by atoms with Gasteiger partial charge in [-0.1, -0.05) is 29.4 Å². The second-order valence-corrected chi connectivity index (χ2v) is 8.29. The van der Waals surface area contributed by atoms with Crippen molar-refractivity contribution in [3.05, 3.63) is 59.9 Å². The highest BCUT2D eigenvalue weighted by Crippen LogP contribution is 2.28. The van der Waals surface area contributed by atoms with Crippen LogP contribution in [0.1, 0.15) is 17.8 Å². The van der Waals surface area contributed by atoms with Gasteiger partial charge in [-0.25, -0.2) is 13.1 Å². The lowest BCUT2D eigenvalue weighted by atomic mass is 10.0. The molecule has 0 atom stereocenters. The van der Waals surface area contributed by atoms with E-state index in [1.54, 1.807) is 12.1 Å². The Bertz CT molecular complexity index is 1050. The summed E-state index contributed by atoms with van der Waals surface area (Å²) >= 11 is 0. The fraction of sp³-hybridized carbons (Fsp3) is 0.263. The van der Waals surface area contributed by atoms with Gasteiger partial charge in [-0.2, -0.15) is 4.98 Å². The third kappa shape index (κ3) is 3.72. The van der Waals surface area contributed by atoms with Gasteiger partial charge < -0.3 is 9.42 Å². The molecule has 140 valence electrons. The van der Waals surface area contributed by atoms with Crippen molar-refractivity contribution >= 4 is 15.7 Å². The van der Waals surface area contributed by atoms with E-state index in [4.69, 9.17) is 4.52 Å². The third-order valence-corrected chi connectivity index (χ3v) is 6.03. The third-order valence-electron chi connectivity index (χ3n) is 4.63. The maximum atomic E-state index is 12.7. The number of hydrogen-bond acceptors (Lipinski definition) is 6. The van der Waals surface area contributed by atoms with Crippen molar-refractivity contribution in [3.8, 4) is 11.5 Å². The van der Waals surface area contributed by atoms with Crippen molar-refractivity contribution in [2.45, 2.75) is 24.3 Å². The molecular formula is C19H20N4O3S. The first kappa shape index (κ1) is 17.7. The molecule has 1 aliphatic heterocycles. The van der Waals surface area contributed by atoms with Gasteiger partial charge in [0.05, 0.1) is 11.4 Å². The highest BCUT2D eigenvalue weighted by Gasteiger charge is 2.20. The maximum absolute atomic E-state index is 12.7. The van der Waals surface area contributed by atoms with Crippen molar-refractivity contribution in [2.24, 2.45) is 0 Å². The molecule has 4 rings (SSSR count). The zero-order valence-corrected chi connectivity index (χ0v) is 15.7. The van der Waals surface area contributed by atoms with Gasteiger partial charge in [0.2, 0.25) is 10.0 Å². The van der Waals surface area contributed by atoms with E-state index in [0.29, 0.717) is 5.89 Å². The Kier molecular flexibility index (Phi) is 4.67. The molecule has 1 aliphatic rings. The lowest BCUT2D eigenvalue weighted by Gasteiger charge is -2.27. The summed E-state index contributed by atoms with van der Waals surface area (Å²) in [4.78, 5) is 6.57. The summed E-state index contributed by atoms with van der Waals surface area (Å²) in [6.45, 7) is 0.890. The van der Waals surface area contributed by atoms with Crippen LogP contribution in [0.2, 0.25) is 0 Å². The number of rotatable bonds is 5. The summed E-state index contributed by atoms with van der Waals surface area (Å²) < 4.78 is 33.1.